The highest BCUT2D eigenvalue weighted by molar-refractivity contribution is 6.35. The predicted molar refractivity (Wildman–Crippen MR) is 93.3 cm³/mol. The number of benzene rings is 1. The van der Waals surface area contributed by atoms with Crippen molar-refractivity contribution in [2.24, 2.45) is 0 Å². The fraction of sp³-hybridized carbons (Fsp3) is 0.250. The van der Waals surface area contributed by atoms with Crippen LogP contribution >= 0.6 is 23.2 Å². The summed E-state index contributed by atoms with van der Waals surface area (Å²) in [6.07, 6.45) is 0. The molecule has 0 saturated heterocycles. The number of nitrogens with zero attached hydrogens (tertiary/aromatic N) is 3. The van der Waals surface area contributed by atoms with Gasteiger partial charge in [-0.25, -0.2) is 0 Å². The van der Waals surface area contributed by atoms with Gasteiger partial charge in [-0.2, -0.15) is 0 Å². The molecule has 25 heavy (non-hydrogen) atoms. The summed E-state index contributed by atoms with van der Waals surface area (Å²) in [7, 11) is 0. The second-order valence-corrected chi connectivity index (χ2v) is 6.83. The number of carbonyl (C=O) groups excluding carboxylic acids is 1. The number of halogens is 2. The molecule has 0 N–H and O–H groups in total. The van der Waals surface area contributed by atoms with Crippen molar-refractivity contribution in [2.45, 2.75) is 26.0 Å². The Morgan fingerprint density at radius 1 is 1.28 bits per heavy atom. The SMILES string of the molecule is CC1(C)Oc2ccc([N+](=O)[O-])nc2N(Cc2ccc(Cl)cc2Cl)C1=O. The number of hydrogen-bond acceptors (Lipinski definition) is 5. The van der Waals surface area contributed by atoms with Gasteiger partial charge in [0.2, 0.25) is 0 Å². The van der Waals surface area contributed by atoms with Crippen molar-refractivity contribution < 1.29 is 14.5 Å². The van der Waals surface area contributed by atoms with Gasteiger partial charge < -0.3 is 14.9 Å². The van der Waals surface area contributed by atoms with Gasteiger partial charge in [0.15, 0.2) is 11.4 Å². The van der Waals surface area contributed by atoms with Gasteiger partial charge in [0.25, 0.3) is 11.7 Å². The van der Waals surface area contributed by atoms with Crippen LogP contribution in [0.3, 0.4) is 0 Å². The van der Waals surface area contributed by atoms with Gasteiger partial charge in [-0.15, -0.1) is 0 Å². The second kappa shape index (κ2) is 6.16. The first kappa shape index (κ1) is 17.4. The first-order valence-electron chi connectivity index (χ1n) is 7.29. The molecule has 7 nitrogen and oxygen atoms in total. The van der Waals surface area contributed by atoms with Crippen molar-refractivity contribution >= 4 is 40.7 Å². The Morgan fingerprint density at radius 3 is 2.64 bits per heavy atom. The number of rotatable bonds is 3. The lowest BCUT2D eigenvalue weighted by atomic mass is 10.0. The topological polar surface area (TPSA) is 85.6 Å². The van der Waals surface area contributed by atoms with E-state index in [-0.39, 0.29) is 24.1 Å². The smallest absolute Gasteiger partial charge is 0.366 e. The van der Waals surface area contributed by atoms with Crippen molar-refractivity contribution in [2.75, 3.05) is 4.90 Å². The molecule has 1 aromatic heterocycles. The van der Waals surface area contributed by atoms with Crippen LogP contribution in [-0.2, 0) is 11.3 Å². The third-order valence-electron chi connectivity index (χ3n) is 3.74. The minimum atomic E-state index is -1.14. The number of aromatic nitrogens is 1. The van der Waals surface area contributed by atoms with E-state index in [1.165, 1.54) is 17.0 Å². The zero-order valence-corrected chi connectivity index (χ0v) is 14.8. The molecule has 0 saturated carbocycles. The molecule has 2 heterocycles. The van der Waals surface area contributed by atoms with Crippen LogP contribution in [0.4, 0.5) is 11.6 Å². The summed E-state index contributed by atoms with van der Waals surface area (Å²) in [4.78, 5) is 28.5. The van der Waals surface area contributed by atoms with Crippen molar-refractivity contribution in [1.29, 1.82) is 0 Å². The van der Waals surface area contributed by atoms with Crippen molar-refractivity contribution in [3.63, 3.8) is 0 Å². The maximum Gasteiger partial charge on any atom is 0.366 e. The molecule has 3 rings (SSSR count). The number of anilines is 1. The van der Waals surface area contributed by atoms with Gasteiger partial charge in [0.05, 0.1) is 6.54 Å². The molecular formula is C16H13Cl2N3O4. The van der Waals surface area contributed by atoms with Crippen LogP contribution in [0.2, 0.25) is 10.0 Å². The van der Waals surface area contributed by atoms with E-state index in [4.69, 9.17) is 27.9 Å². The zero-order valence-electron chi connectivity index (χ0n) is 13.3. The fourth-order valence-corrected chi connectivity index (χ4v) is 2.98. The minimum absolute atomic E-state index is 0.0861. The lowest BCUT2D eigenvalue weighted by molar-refractivity contribution is -0.389. The molecule has 0 unspecified atom stereocenters. The number of ether oxygens (including phenoxy) is 1. The van der Waals surface area contributed by atoms with Crippen molar-refractivity contribution in [3.8, 4) is 5.75 Å². The Balaban J connectivity index is 2.09. The number of nitro groups is 1. The normalized spacial score (nSPS) is 15.5. The average Bonchev–Trinajstić information content (AvgIpc) is 2.53. The highest BCUT2D eigenvalue weighted by Gasteiger charge is 2.44. The summed E-state index contributed by atoms with van der Waals surface area (Å²) < 4.78 is 5.65. The summed E-state index contributed by atoms with van der Waals surface area (Å²) in [5, 5.41) is 11.9. The van der Waals surface area contributed by atoms with E-state index in [9.17, 15) is 14.9 Å². The molecule has 0 aliphatic carbocycles. The van der Waals surface area contributed by atoms with Crippen LogP contribution < -0.4 is 9.64 Å². The molecule has 0 fully saturated rings. The van der Waals surface area contributed by atoms with Crippen molar-refractivity contribution in [3.05, 3.63) is 56.1 Å². The summed E-state index contributed by atoms with van der Waals surface area (Å²) >= 11 is 12.1. The number of pyridine rings is 1. The Bertz CT molecular complexity index is 886. The van der Waals surface area contributed by atoms with Crippen LogP contribution in [0, 0.1) is 10.1 Å². The molecule has 9 heteroatoms. The van der Waals surface area contributed by atoms with Crippen molar-refractivity contribution in [1.82, 2.24) is 4.98 Å². The third kappa shape index (κ3) is 3.25. The average molecular weight is 382 g/mol. The molecule has 0 spiro atoms. The number of carbonyl (C=O) groups is 1. The molecule has 0 atom stereocenters. The van der Waals surface area contributed by atoms with Gasteiger partial charge in [-0.1, -0.05) is 29.3 Å². The lowest BCUT2D eigenvalue weighted by Gasteiger charge is -2.36. The highest BCUT2D eigenvalue weighted by atomic mass is 35.5. The molecule has 2 aromatic rings. The summed E-state index contributed by atoms with van der Waals surface area (Å²) in [6.45, 7) is 3.33. The van der Waals surface area contributed by atoms with E-state index in [1.807, 2.05) is 0 Å². The molecule has 130 valence electrons. The molecule has 1 amide bonds. The van der Waals surface area contributed by atoms with Gasteiger partial charge in [-0.3, -0.25) is 9.69 Å². The van der Waals surface area contributed by atoms with Gasteiger partial charge in [-0.05, 0) is 47.5 Å². The monoisotopic (exact) mass is 381 g/mol. The largest absolute Gasteiger partial charge is 0.472 e. The Labute approximate surface area is 153 Å². The first-order chi connectivity index (χ1) is 11.7. The Kier molecular flexibility index (Phi) is 4.30. The second-order valence-electron chi connectivity index (χ2n) is 5.99. The summed E-state index contributed by atoms with van der Waals surface area (Å²) in [6, 6.07) is 7.58. The summed E-state index contributed by atoms with van der Waals surface area (Å²) in [5.74, 6) is -0.370. The lowest BCUT2D eigenvalue weighted by Crippen LogP contribution is -2.52. The van der Waals surface area contributed by atoms with E-state index in [1.54, 1.807) is 32.0 Å². The van der Waals surface area contributed by atoms with Crippen LogP contribution in [0.25, 0.3) is 0 Å². The quantitative estimate of drug-likeness (QED) is 0.592. The maximum atomic E-state index is 12.8. The third-order valence-corrected chi connectivity index (χ3v) is 4.32. The molecular weight excluding hydrogens is 369 g/mol. The number of amides is 1. The summed E-state index contributed by atoms with van der Waals surface area (Å²) in [5.41, 5.74) is -0.500. The first-order valence-corrected chi connectivity index (χ1v) is 8.05. The minimum Gasteiger partial charge on any atom is -0.472 e. The van der Waals surface area contributed by atoms with Crippen LogP contribution in [-0.4, -0.2) is 21.4 Å². The highest BCUT2D eigenvalue weighted by Crippen LogP contribution is 2.39. The van der Waals surface area contributed by atoms with E-state index in [0.717, 1.165) is 0 Å². The zero-order chi connectivity index (χ0) is 18.4. The van der Waals surface area contributed by atoms with Crippen LogP contribution in [0.1, 0.15) is 19.4 Å². The molecule has 1 aromatic carbocycles. The van der Waals surface area contributed by atoms with Gasteiger partial charge >= 0.3 is 5.82 Å². The van der Waals surface area contributed by atoms with Gasteiger partial charge in [0, 0.05) is 16.1 Å². The fourth-order valence-electron chi connectivity index (χ4n) is 2.51. The van der Waals surface area contributed by atoms with Crippen LogP contribution in [0.15, 0.2) is 30.3 Å². The van der Waals surface area contributed by atoms with E-state index in [0.29, 0.717) is 21.4 Å². The molecule has 0 radical (unpaired) electrons. The predicted octanol–water partition coefficient (Wildman–Crippen LogP) is 4.00. The Morgan fingerprint density at radius 2 is 2.00 bits per heavy atom. The number of hydrogen-bond donors (Lipinski definition) is 0. The molecule has 1 aliphatic rings. The Hall–Kier alpha value is -2.38. The molecule has 1 aliphatic heterocycles. The van der Waals surface area contributed by atoms with E-state index in [2.05, 4.69) is 4.98 Å². The maximum absolute atomic E-state index is 12.8. The number of fused-ring (bicyclic) bond motifs is 1. The van der Waals surface area contributed by atoms with E-state index < -0.39 is 10.5 Å². The standard InChI is InChI=1S/C16H13Cl2N3O4/c1-16(2)15(22)20(8-9-3-4-10(17)7-11(9)18)14-12(25-16)5-6-13(19-14)21(23)24/h3-7H,8H2,1-2H3. The van der Waals surface area contributed by atoms with Gasteiger partial charge in [0.1, 0.15) is 0 Å². The molecule has 0 bridgehead atoms. The van der Waals surface area contributed by atoms with E-state index >= 15 is 0 Å². The van der Waals surface area contributed by atoms with Crippen LogP contribution in [0.5, 0.6) is 5.75 Å².